The van der Waals surface area contributed by atoms with Gasteiger partial charge in [0.15, 0.2) is 0 Å². The third-order valence-electron chi connectivity index (χ3n) is 6.98. The number of piperidine rings is 1. The summed E-state index contributed by atoms with van der Waals surface area (Å²) in [6.07, 6.45) is 4.46. The molecule has 168 valence electrons. The highest BCUT2D eigenvalue weighted by molar-refractivity contribution is 7.18. The van der Waals surface area contributed by atoms with E-state index in [1.165, 1.54) is 21.4 Å². The predicted octanol–water partition coefficient (Wildman–Crippen LogP) is 3.92. The number of benzene rings is 1. The Morgan fingerprint density at radius 3 is 2.66 bits per heavy atom. The fourth-order valence-electron chi connectivity index (χ4n) is 5.01. The topological polar surface area (TPSA) is 61.4 Å². The normalized spacial score (nSPS) is 20.2. The first-order valence-corrected chi connectivity index (χ1v) is 12.4. The molecular weight excluding hydrogens is 418 g/mol. The number of aryl methyl sites for hydroxylation is 2. The monoisotopic (exact) mass is 449 g/mol. The number of carbonyl (C=O) groups excluding carboxylic acids is 1. The Hall–Kier alpha value is -2.51. The third kappa shape index (κ3) is 4.36. The van der Waals surface area contributed by atoms with Gasteiger partial charge in [0, 0.05) is 49.6 Å². The van der Waals surface area contributed by atoms with E-state index >= 15 is 0 Å². The molecule has 2 aliphatic rings. The molecule has 2 aliphatic heterocycles. The molecule has 2 fully saturated rings. The van der Waals surface area contributed by atoms with Crippen molar-refractivity contribution in [2.45, 2.75) is 45.7 Å². The Kier molecular flexibility index (Phi) is 6.11. The second-order valence-electron chi connectivity index (χ2n) is 9.14. The molecule has 0 spiro atoms. The average molecular weight is 450 g/mol. The van der Waals surface area contributed by atoms with Gasteiger partial charge in [0.1, 0.15) is 17.0 Å². The summed E-state index contributed by atoms with van der Waals surface area (Å²) in [6.45, 7) is 8.97. The number of nitrogens with one attached hydrogen (secondary N) is 1. The predicted molar refractivity (Wildman–Crippen MR) is 130 cm³/mol. The maximum atomic E-state index is 13.0. The van der Waals surface area contributed by atoms with Gasteiger partial charge in [0.2, 0.25) is 5.91 Å². The van der Waals surface area contributed by atoms with Gasteiger partial charge in [-0.15, -0.1) is 11.3 Å². The van der Waals surface area contributed by atoms with E-state index in [9.17, 15) is 4.79 Å². The standard InChI is InChI=1S/C25H31N5OS/c1-17-18(2)32-25-22(17)23(26-16-27-25)30-12-8-20(9-13-30)24(31)28-21-10-11-29(15-21)14-19-6-4-3-5-7-19/h3-7,16,20-21H,8-15H2,1-2H3,(H,28,31). The van der Waals surface area contributed by atoms with Crippen molar-refractivity contribution in [3.8, 4) is 0 Å². The van der Waals surface area contributed by atoms with Gasteiger partial charge in [-0.25, -0.2) is 9.97 Å². The molecule has 1 atom stereocenters. The number of hydrogen-bond donors (Lipinski definition) is 1. The minimum atomic E-state index is 0.0945. The van der Waals surface area contributed by atoms with Crippen LogP contribution in [0.2, 0.25) is 0 Å². The maximum Gasteiger partial charge on any atom is 0.223 e. The first-order valence-electron chi connectivity index (χ1n) is 11.6. The van der Waals surface area contributed by atoms with E-state index in [1.54, 1.807) is 17.7 Å². The van der Waals surface area contributed by atoms with Crippen molar-refractivity contribution in [2.75, 3.05) is 31.1 Å². The molecule has 7 heteroatoms. The van der Waals surface area contributed by atoms with Gasteiger partial charge in [-0.3, -0.25) is 9.69 Å². The van der Waals surface area contributed by atoms with Gasteiger partial charge in [0.25, 0.3) is 0 Å². The van der Waals surface area contributed by atoms with Crippen molar-refractivity contribution < 1.29 is 4.79 Å². The Balaban J connectivity index is 1.15. The van der Waals surface area contributed by atoms with Crippen LogP contribution in [0.3, 0.4) is 0 Å². The molecule has 1 N–H and O–H groups in total. The number of nitrogens with zero attached hydrogens (tertiary/aromatic N) is 4. The summed E-state index contributed by atoms with van der Waals surface area (Å²) in [5, 5.41) is 4.52. The van der Waals surface area contributed by atoms with Crippen molar-refractivity contribution in [2.24, 2.45) is 5.92 Å². The zero-order valence-corrected chi connectivity index (χ0v) is 19.7. The molecule has 0 saturated carbocycles. The van der Waals surface area contributed by atoms with Crippen molar-refractivity contribution in [3.05, 3.63) is 52.7 Å². The smallest absolute Gasteiger partial charge is 0.223 e. The highest BCUT2D eigenvalue weighted by Crippen LogP contribution is 2.35. The first-order chi connectivity index (χ1) is 15.6. The van der Waals surface area contributed by atoms with Crippen LogP contribution in [0, 0.1) is 19.8 Å². The quantitative estimate of drug-likeness (QED) is 0.640. The summed E-state index contributed by atoms with van der Waals surface area (Å²) in [6, 6.07) is 10.8. The van der Waals surface area contributed by atoms with E-state index in [1.807, 2.05) is 0 Å². The van der Waals surface area contributed by atoms with Gasteiger partial charge < -0.3 is 10.2 Å². The van der Waals surface area contributed by atoms with E-state index in [4.69, 9.17) is 0 Å². The van der Waals surface area contributed by atoms with Crippen molar-refractivity contribution in [1.82, 2.24) is 20.2 Å². The molecular formula is C25H31N5OS. The lowest BCUT2D eigenvalue weighted by molar-refractivity contribution is -0.126. The van der Waals surface area contributed by atoms with Gasteiger partial charge in [-0.1, -0.05) is 30.3 Å². The number of hydrogen-bond acceptors (Lipinski definition) is 6. The highest BCUT2D eigenvalue weighted by Gasteiger charge is 2.30. The van der Waals surface area contributed by atoms with Gasteiger partial charge in [-0.2, -0.15) is 0 Å². The minimum Gasteiger partial charge on any atom is -0.356 e. The Bertz CT molecular complexity index is 1090. The lowest BCUT2D eigenvalue weighted by Crippen LogP contribution is -2.44. The highest BCUT2D eigenvalue weighted by atomic mass is 32.1. The van der Waals surface area contributed by atoms with Crippen LogP contribution in [0.1, 0.15) is 35.3 Å². The summed E-state index contributed by atoms with van der Waals surface area (Å²) < 4.78 is 0. The van der Waals surface area contributed by atoms with Gasteiger partial charge in [-0.05, 0) is 44.2 Å². The van der Waals surface area contributed by atoms with Crippen LogP contribution in [0.15, 0.2) is 36.7 Å². The van der Waals surface area contributed by atoms with E-state index in [-0.39, 0.29) is 17.9 Å². The molecule has 0 aliphatic carbocycles. The molecule has 32 heavy (non-hydrogen) atoms. The summed E-state index contributed by atoms with van der Waals surface area (Å²) in [5.74, 6) is 1.35. The summed E-state index contributed by atoms with van der Waals surface area (Å²) in [7, 11) is 0. The maximum absolute atomic E-state index is 13.0. The molecule has 2 saturated heterocycles. The molecule has 1 aromatic carbocycles. The van der Waals surface area contributed by atoms with E-state index in [0.29, 0.717) is 0 Å². The summed E-state index contributed by atoms with van der Waals surface area (Å²) >= 11 is 1.73. The molecule has 6 nitrogen and oxygen atoms in total. The van der Waals surface area contributed by atoms with Crippen molar-refractivity contribution in [3.63, 3.8) is 0 Å². The van der Waals surface area contributed by atoms with Crippen LogP contribution in [0.25, 0.3) is 10.2 Å². The Labute approximate surface area is 193 Å². The zero-order chi connectivity index (χ0) is 22.1. The number of anilines is 1. The fraction of sp³-hybridized carbons (Fsp3) is 0.480. The molecule has 1 amide bonds. The van der Waals surface area contributed by atoms with Crippen LogP contribution in [-0.2, 0) is 11.3 Å². The van der Waals surface area contributed by atoms with Gasteiger partial charge in [0.05, 0.1) is 5.39 Å². The van der Waals surface area contributed by atoms with Crippen molar-refractivity contribution >= 4 is 33.3 Å². The lowest BCUT2D eigenvalue weighted by atomic mass is 9.95. The SMILES string of the molecule is Cc1sc2ncnc(N3CCC(C(=O)NC4CCN(Cc5ccccc5)C4)CC3)c2c1C. The molecule has 5 rings (SSSR count). The number of amides is 1. The summed E-state index contributed by atoms with van der Waals surface area (Å²) in [4.78, 5) is 29.2. The van der Waals surface area contributed by atoms with Crippen LogP contribution in [0.5, 0.6) is 0 Å². The minimum absolute atomic E-state index is 0.0945. The first kappa shape index (κ1) is 21.3. The largest absolute Gasteiger partial charge is 0.356 e. The Morgan fingerprint density at radius 2 is 1.88 bits per heavy atom. The molecule has 0 bridgehead atoms. The van der Waals surface area contributed by atoms with Gasteiger partial charge >= 0.3 is 0 Å². The number of carbonyl (C=O) groups is 1. The van der Waals surface area contributed by atoms with E-state index in [2.05, 4.69) is 69.3 Å². The molecule has 4 heterocycles. The third-order valence-corrected chi connectivity index (χ3v) is 8.09. The average Bonchev–Trinajstić information content (AvgIpc) is 3.37. The lowest BCUT2D eigenvalue weighted by Gasteiger charge is -2.33. The Morgan fingerprint density at radius 1 is 1.09 bits per heavy atom. The molecule has 2 aromatic heterocycles. The number of rotatable bonds is 5. The van der Waals surface area contributed by atoms with Crippen LogP contribution >= 0.6 is 11.3 Å². The second-order valence-corrected chi connectivity index (χ2v) is 10.3. The number of thiophene rings is 1. The fourth-order valence-corrected chi connectivity index (χ4v) is 6.00. The molecule has 1 unspecified atom stereocenters. The van der Waals surface area contributed by atoms with Crippen LogP contribution in [0.4, 0.5) is 5.82 Å². The molecule has 0 radical (unpaired) electrons. The zero-order valence-electron chi connectivity index (χ0n) is 18.9. The van der Waals surface area contributed by atoms with Crippen molar-refractivity contribution in [1.29, 1.82) is 0 Å². The number of fused-ring (bicyclic) bond motifs is 1. The van der Waals surface area contributed by atoms with Crippen LogP contribution in [-0.4, -0.2) is 53.0 Å². The number of likely N-dealkylation sites (tertiary alicyclic amines) is 1. The second kappa shape index (κ2) is 9.16. The van der Waals surface area contributed by atoms with E-state index in [0.717, 1.165) is 62.6 Å². The molecule has 3 aromatic rings. The van der Waals surface area contributed by atoms with Crippen LogP contribution < -0.4 is 10.2 Å². The summed E-state index contributed by atoms with van der Waals surface area (Å²) in [5.41, 5.74) is 2.61. The number of aromatic nitrogens is 2. The van der Waals surface area contributed by atoms with E-state index < -0.39 is 0 Å².